The number of benzene rings is 1. The second-order valence-corrected chi connectivity index (χ2v) is 5.51. The molecule has 0 bridgehead atoms. The van der Waals surface area contributed by atoms with Crippen LogP contribution >= 0.6 is 12.4 Å². The first-order valence-corrected chi connectivity index (χ1v) is 7.45. The minimum Gasteiger partial charge on any atom is -0.350 e. The van der Waals surface area contributed by atoms with Gasteiger partial charge in [-0.05, 0) is 44.4 Å². The number of nitrogens with two attached hydrogens (primary N) is 1. The lowest BCUT2D eigenvalue weighted by Gasteiger charge is -2.18. The summed E-state index contributed by atoms with van der Waals surface area (Å²) in [4.78, 5) is 25.7. The molecule has 0 radical (unpaired) electrons. The van der Waals surface area contributed by atoms with Crippen LogP contribution in [0.1, 0.15) is 42.6 Å². The lowest BCUT2D eigenvalue weighted by Crippen LogP contribution is -2.42. The molecule has 2 rings (SSSR count). The molecule has 0 spiro atoms. The first-order valence-electron chi connectivity index (χ1n) is 7.45. The van der Waals surface area contributed by atoms with E-state index in [2.05, 4.69) is 5.32 Å². The Morgan fingerprint density at radius 1 is 1.18 bits per heavy atom. The molecule has 122 valence electrons. The van der Waals surface area contributed by atoms with Gasteiger partial charge in [-0.15, -0.1) is 12.4 Å². The minimum atomic E-state index is -0.640. The molecule has 1 saturated carbocycles. The van der Waals surface area contributed by atoms with Crippen LogP contribution in [0.25, 0.3) is 0 Å². The Bertz CT molecular complexity index is 523. The van der Waals surface area contributed by atoms with Crippen molar-refractivity contribution in [3.05, 3.63) is 35.4 Å². The summed E-state index contributed by atoms with van der Waals surface area (Å²) >= 11 is 0. The SMILES string of the molecule is CCN(CC)C(=O)c1ccc(CNC(=O)C2(N)CC2)cc1.Cl. The van der Waals surface area contributed by atoms with E-state index < -0.39 is 5.54 Å². The number of nitrogens with zero attached hydrogens (tertiary/aromatic N) is 1. The fraction of sp³-hybridized carbons (Fsp3) is 0.500. The summed E-state index contributed by atoms with van der Waals surface area (Å²) in [5.74, 6) is -0.0553. The van der Waals surface area contributed by atoms with E-state index in [9.17, 15) is 9.59 Å². The molecular formula is C16H24ClN3O2. The highest BCUT2D eigenvalue weighted by Gasteiger charge is 2.45. The van der Waals surface area contributed by atoms with Gasteiger partial charge in [-0.1, -0.05) is 12.1 Å². The van der Waals surface area contributed by atoms with Crippen LogP contribution < -0.4 is 11.1 Å². The number of halogens is 1. The highest BCUT2D eigenvalue weighted by molar-refractivity contribution is 5.94. The van der Waals surface area contributed by atoms with Crippen LogP contribution in [-0.4, -0.2) is 35.3 Å². The van der Waals surface area contributed by atoms with E-state index in [4.69, 9.17) is 5.73 Å². The third kappa shape index (κ3) is 4.21. The van der Waals surface area contributed by atoms with Gasteiger partial charge in [-0.3, -0.25) is 9.59 Å². The molecule has 0 atom stereocenters. The summed E-state index contributed by atoms with van der Waals surface area (Å²) in [7, 11) is 0. The van der Waals surface area contributed by atoms with Crippen LogP contribution in [0, 0.1) is 0 Å². The molecule has 5 nitrogen and oxygen atoms in total. The van der Waals surface area contributed by atoms with E-state index in [0.717, 1.165) is 18.4 Å². The molecule has 6 heteroatoms. The zero-order valence-electron chi connectivity index (χ0n) is 13.1. The molecule has 1 fully saturated rings. The van der Waals surface area contributed by atoms with Gasteiger partial charge < -0.3 is 16.0 Å². The van der Waals surface area contributed by atoms with Crippen molar-refractivity contribution in [3.63, 3.8) is 0 Å². The standard InChI is InChI=1S/C16H23N3O2.ClH/c1-3-19(4-2)14(20)13-7-5-12(6-8-13)11-18-15(21)16(17)9-10-16;/h5-8H,3-4,9-11,17H2,1-2H3,(H,18,21);1H. The van der Waals surface area contributed by atoms with Crippen molar-refractivity contribution < 1.29 is 9.59 Å². The predicted octanol–water partition coefficient (Wildman–Crippen LogP) is 1.70. The molecule has 0 unspecified atom stereocenters. The Morgan fingerprint density at radius 3 is 2.18 bits per heavy atom. The molecule has 2 amide bonds. The third-order valence-corrected chi connectivity index (χ3v) is 3.95. The first-order chi connectivity index (χ1) is 10.00. The average molecular weight is 326 g/mol. The van der Waals surface area contributed by atoms with Crippen molar-refractivity contribution in [2.24, 2.45) is 5.73 Å². The fourth-order valence-corrected chi connectivity index (χ4v) is 2.18. The Balaban J connectivity index is 0.00000242. The molecule has 1 aliphatic carbocycles. The van der Waals surface area contributed by atoms with Gasteiger partial charge in [-0.25, -0.2) is 0 Å². The van der Waals surface area contributed by atoms with Gasteiger partial charge in [0.15, 0.2) is 0 Å². The number of hydrogen-bond acceptors (Lipinski definition) is 3. The van der Waals surface area contributed by atoms with E-state index in [1.807, 2.05) is 26.0 Å². The van der Waals surface area contributed by atoms with Gasteiger partial charge in [0, 0.05) is 25.2 Å². The van der Waals surface area contributed by atoms with Crippen LogP contribution in [0.15, 0.2) is 24.3 Å². The van der Waals surface area contributed by atoms with E-state index >= 15 is 0 Å². The summed E-state index contributed by atoms with van der Waals surface area (Å²) in [6, 6.07) is 7.34. The Hall–Kier alpha value is -1.59. The second kappa shape index (κ2) is 7.61. The second-order valence-electron chi connectivity index (χ2n) is 5.51. The highest BCUT2D eigenvalue weighted by atomic mass is 35.5. The normalized spacial score (nSPS) is 14.7. The molecule has 0 heterocycles. The largest absolute Gasteiger partial charge is 0.350 e. The van der Waals surface area contributed by atoms with Crippen molar-refractivity contribution in [1.82, 2.24) is 10.2 Å². The van der Waals surface area contributed by atoms with Gasteiger partial charge in [0.1, 0.15) is 0 Å². The van der Waals surface area contributed by atoms with Crippen LogP contribution in [-0.2, 0) is 11.3 Å². The zero-order valence-corrected chi connectivity index (χ0v) is 13.9. The first kappa shape index (κ1) is 18.5. The lowest BCUT2D eigenvalue weighted by atomic mass is 10.1. The number of amides is 2. The quantitative estimate of drug-likeness (QED) is 0.836. The summed E-state index contributed by atoms with van der Waals surface area (Å²) in [5, 5.41) is 2.84. The Morgan fingerprint density at radius 2 is 1.73 bits per heavy atom. The topological polar surface area (TPSA) is 75.4 Å². The molecule has 0 saturated heterocycles. The fourth-order valence-electron chi connectivity index (χ4n) is 2.18. The summed E-state index contributed by atoms with van der Waals surface area (Å²) < 4.78 is 0. The van der Waals surface area contributed by atoms with Gasteiger partial charge in [0.2, 0.25) is 5.91 Å². The van der Waals surface area contributed by atoms with Gasteiger partial charge in [0.05, 0.1) is 5.54 Å². The Labute approximate surface area is 137 Å². The van der Waals surface area contributed by atoms with Crippen LogP contribution in [0.4, 0.5) is 0 Å². The summed E-state index contributed by atoms with van der Waals surface area (Å²) in [5.41, 5.74) is 6.81. The number of hydrogen-bond donors (Lipinski definition) is 2. The molecule has 1 aromatic rings. The van der Waals surface area contributed by atoms with Gasteiger partial charge in [0.25, 0.3) is 5.91 Å². The van der Waals surface area contributed by atoms with Crippen LogP contribution in [0.5, 0.6) is 0 Å². The smallest absolute Gasteiger partial charge is 0.253 e. The molecule has 0 aromatic heterocycles. The monoisotopic (exact) mass is 325 g/mol. The molecule has 1 aromatic carbocycles. The van der Waals surface area contributed by atoms with Crippen molar-refractivity contribution in [3.8, 4) is 0 Å². The average Bonchev–Trinajstić information content (AvgIpc) is 3.25. The van der Waals surface area contributed by atoms with E-state index in [-0.39, 0.29) is 24.2 Å². The number of nitrogens with one attached hydrogen (secondary N) is 1. The number of rotatable bonds is 6. The van der Waals surface area contributed by atoms with Crippen LogP contribution in [0.2, 0.25) is 0 Å². The highest BCUT2D eigenvalue weighted by Crippen LogP contribution is 2.32. The predicted molar refractivity (Wildman–Crippen MR) is 88.9 cm³/mol. The number of carbonyl (C=O) groups is 2. The molecule has 3 N–H and O–H groups in total. The molecule has 0 aliphatic heterocycles. The van der Waals surface area contributed by atoms with E-state index in [1.165, 1.54) is 0 Å². The Kier molecular flexibility index (Phi) is 6.38. The molecule has 22 heavy (non-hydrogen) atoms. The van der Waals surface area contributed by atoms with E-state index in [1.54, 1.807) is 17.0 Å². The molecule has 1 aliphatic rings. The van der Waals surface area contributed by atoms with Crippen molar-refractivity contribution in [1.29, 1.82) is 0 Å². The van der Waals surface area contributed by atoms with Crippen molar-refractivity contribution in [2.45, 2.75) is 38.8 Å². The maximum atomic E-state index is 12.2. The van der Waals surface area contributed by atoms with Gasteiger partial charge in [-0.2, -0.15) is 0 Å². The minimum absolute atomic E-state index is 0. The lowest BCUT2D eigenvalue weighted by molar-refractivity contribution is -0.123. The van der Waals surface area contributed by atoms with Crippen LogP contribution in [0.3, 0.4) is 0 Å². The zero-order chi connectivity index (χ0) is 15.5. The molecular weight excluding hydrogens is 302 g/mol. The summed E-state index contributed by atoms with van der Waals surface area (Å²) in [6.07, 6.45) is 1.52. The van der Waals surface area contributed by atoms with E-state index in [0.29, 0.717) is 25.2 Å². The van der Waals surface area contributed by atoms with Crippen molar-refractivity contribution >= 4 is 24.2 Å². The maximum Gasteiger partial charge on any atom is 0.253 e. The third-order valence-electron chi connectivity index (χ3n) is 3.95. The summed E-state index contributed by atoms with van der Waals surface area (Å²) in [6.45, 7) is 5.77. The van der Waals surface area contributed by atoms with Gasteiger partial charge >= 0.3 is 0 Å². The number of carbonyl (C=O) groups excluding carboxylic acids is 2. The maximum absolute atomic E-state index is 12.2. The van der Waals surface area contributed by atoms with Crippen molar-refractivity contribution in [2.75, 3.05) is 13.1 Å².